The van der Waals surface area contributed by atoms with Crippen LogP contribution in [0.5, 0.6) is 0 Å². The quantitative estimate of drug-likeness (QED) is 0.834. The van der Waals surface area contributed by atoms with E-state index in [-0.39, 0.29) is 5.75 Å². The van der Waals surface area contributed by atoms with Crippen LogP contribution in [0.2, 0.25) is 0 Å². The monoisotopic (exact) mass is 278 g/mol. The van der Waals surface area contributed by atoms with Crippen molar-refractivity contribution in [3.8, 4) is 0 Å². The molecule has 17 heavy (non-hydrogen) atoms. The molecule has 0 spiro atoms. The minimum Gasteiger partial charge on any atom is -0.284 e. The molecule has 0 bridgehead atoms. The summed E-state index contributed by atoms with van der Waals surface area (Å²) >= 11 is 0. The van der Waals surface area contributed by atoms with Gasteiger partial charge in [0.05, 0.1) is 23.4 Å². The van der Waals surface area contributed by atoms with Crippen LogP contribution >= 0.6 is 0 Å². The van der Waals surface area contributed by atoms with E-state index in [1.807, 2.05) is 0 Å². The number of nitrogens with one attached hydrogen (secondary N) is 2. The van der Waals surface area contributed by atoms with Gasteiger partial charge in [-0.05, 0) is 25.1 Å². The highest BCUT2D eigenvalue weighted by atomic mass is 32.2. The highest BCUT2D eigenvalue weighted by Gasteiger charge is 2.08. The van der Waals surface area contributed by atoms with E-state index in [2.05, 4.69) is 9.44 Å². The fraction of sp³-hybridized carbons (Fsp3) is 0.333. The number of anilines is 2. The van der Waals surface area contributed by atoms with Crippen LogP contribution < -0.4 is 9.44 Å². The number of benzene rings is 1. The van der Waals surface area contributed by atoms with Crippen molar-refractivity contribution in [3.05, 3.63) is 24.3 Å². The van der Waals surface area contributed by atoms with Crippen molar-refractivity contribution < 1.29 is 16.8 Å². The highest BCUT2D eigenvalue weighted by molar-refractivity contribution is 7.92. The molecule has 0 radical (unpaired) electrons. The lowest BCUT2D eigenvalue weighted by Gasteiger charge is -2.08. The van der Waals surface area contributed by atoms with Crippen LogP contribution in [0.1, 0.15) is 6.92 Å². The van der Waals surface area contributed by atoms with E-state index < -0.39 is 20.0 Å². The van der Waals surface area contributed by atoms with Crippen molar-refractivity contribution in [2.45, 2.75) is 6.92 Å². The van der Waals surface area contributed by atoms with E-state index in [9.17, 15) is 16.8 Å². The Hall–Kier alpha value is -1.28. The normalized spacial score (nSPS) is 12.1. The molecule has 0 fully saturated rings. The van der Waals surface area contributed by atoms with E-state index >= 15 is 0 Å². The van der Waals surface area contributed by atoms with Crippen molar-refractivity contribution in [1.82, 2.24) is 0 Å². The van der Waals surface area contributed by atoms with Gasteiger partial charge in [0.1, 0.15) is 0 Å². The molecular formula is C9H14N2O4S2. The van der Waals surface area contributed by atoms with E-state index in [0.717, 1.165) is 6.26 Å². The zero-order valence-electron chi connectivity index (χ0n) is 9.47. The van der Waals surface area contributed by atoms with Crippen molar-refractivity contribution >= 4 is 31.4 Å². The molecule has 1 rings (SSSR count). The summed E-state index contributed by atoms with van der Waals surface area (Å²) in [6.07, 6.45) is 1.02. The predicted octanol–water partition coefficient (Wildman–Crippen LogP) is 0.820. The summed E-state index contributed by atoms with van der Waals surface area (Å²) in [4.78, 5) is 0. The molecule has 0 unspecified atom stereocenters. The minimum atomic E-state index is -3.37. The maximum absolute atomic E-state index is 11.3. The van der Waals surface area contributed by atoms with E-state index in [4.69, 9.17) is 0 Å². The molecule has 0 aliphatic heterocycles. The lowest BCUT2D eigenvalue weighted by atomic mass is 10.3. The van der Waals surface area contributed by atoms with Gasteiger partial charge in [-0.2, -0.15) is 0 Å². The molecule has 1 aromatic carbocycles. The molecule has 0 atom stereocenters. The standard InChI is InChI=1S/C9H14N2O4S2/c1-3-17(14,15)11-9-6-4-5-8(7-9)10-16(2,12)13/h4-7,10-11H,3H2,1-2H3. The van der Waals surface area contributed by atoms with Gasteiger partial charge in [0, 0.05) is 0 Å². The Kier molecular flexibility index (Phi) is 3.99. The summed E-state index contributed by atoms with van der Waals surface area (Å²) in [6, 6.07) is 6.04. The molecule has 6 nitrogen and oxygen atoms in total. The van der Waals surface area contributed by atoms with Gasteiger partial charge < -0.3 is 0 Å². The first-order valence-electron chi connectivity index (χ1n) is 4.80. The van der Waals surface area contributed by atoms with Crippen molar-refractivity contribution in [3.63, 3.8) is 0 Å². The maximum atomic E-state index is 11.3. The number of sulfonamides is 2. The maximum Gasteiger partial charge on any atom is 0.232 e. The molecule has 96 valence electrons. The van der Waals surface area contributed by atoms with Crippen LogP contribution in [-0.4, -0.2) is 28.8 Å². The Morgan fingerprint density at radius 3 is 2.06 bits per heavy atom. The molecule has 0 saturated heterocycles. The van der Waals surface area contributed by atoms with Crippen molar-refractivity contribution in [2.75, 3.05) is 21.5 Å². The third-order valence-corrected chi connectivity index (χ3v) is 3.73. The van der Waals surface area contributed by atoms with Crippen LogP contribution in [0, 0.1) is 0 Å². The molecule has 0 heterocycles. The van der Waals surface area contributed by atoms with Crippen LogP contribution in [0.15, 0.2) is 24.3 Å². The first-order chi connectivity index (χ1) is 7.72. The van der Waals surface area contributed by atoms with Crippen molar-refractivity contribution in [1.29, 1.82) is 0 Å². The number of rotatable bonds is 5. The number of hydrogen-bond donors (Lipinski definition) is 2. The largest absolute Gasteiger partial charge is 0.284 e. The Morgan fingerprint density at radius 1 is 1.06 bits per heavy atom. The SMILES string of the molecule is CCS(=O)(=O)Nc1cccc(NS(C)(=O)=O)c1. The summed E-state index contributed by atoms with van der Waals surface area (Å²) in [5, 5.41) is 0. The summed E-state index contributed by atoms with van der Waals surface area (Å²) in [5.41, 5.74) is 0.629. The number of hydrogen-bond acceptors (Lipinski definition) is 4. The van der Waals surface area contributed by atoms with Gasteiger partial charge in [-0.25, -0.2) is 16.8 Å². The second-order valence-electron chi connectivity index (χ2n) is 3.46. The van der Waals surface area contributed by atoms with Gasteiger partial charge in [-0.3, -0.25) is 9.44 Å². The summed E-state index contributed by atoms with van der Waals surface area (Å²) in [5.74, 6) is -0.0449. The van der Waals surface area contributed by atoms with Gasteiger partial charge in [0.15, 0.2) is 0 Å². The second-order valence-corrected chi connectivity index (χ2v) is 7.22. The Morgan fingerprint density at radius 2 is 1.59 bits per heavy atom. The molecule has 0 aliphatic rings. The van der Waals surface area contributed by atoms with Gasteiger partial charge in [0.25, 0.3) is 0 Å². The zero-order chi connectivity index (χ0) is 13.1. The Balaban J connectivity index is 2.95. The molecular weight excluding hydrogens is 264 g/mol. The first-order valence-corrected chi connectivity index (χ1v) is 8.34. The van der Waals surface area contributed by atoms with Crippen LogP contribution in [0.25, 0.3) is 0 Å². The molecule has 0 aliphatic carbocycles. The molecule has 0 amide bonds. The Labute approximate surface area is 101 Å². The molecule has 8 heteroatoms. The fourth-order valence-electron chi connectivity index (χ4n) is 1.11. The third-order valence-electron chi connectivity index (χ3n) is 1.82. The topological polar surface area (TPSA) is 92.3 Å². The van der Waals surface area contributed by atoms with E-state index in [1.54, 1.807) is 12.1 Å². The Bertz CT molecular complexity index is 593. The second kappa shape index (κ2) is 4.92. The molecule has 1 aromatic rings. The third kappa shape index (κ3) is 5.05. The van der Waals surface area contributed by atoms with Crippen LogP contribution in [-0.2, 0) is 20.0 Å². The van der Waals surface area contributed by atoms with Gasteiger partial charge in [0.2, 0.25) is 20.0 Å². The van der Waals surface area contributed by atoms with E-state index in [1.165, 1.54) is 19.1 Å². The van der Waals surface area contributed by atoms with E-state index in [0.29, 0.717) is 11.4 Å². The van der Waals surface area contributed by atoms with Crippen LogP contribution in [0.3, 0.4) is 0 Å². The minimum absolute atomic E-state index is 0.0449. The lowest BCUT2D eigenvalue weighted by molar-refractivity contribution is 0.602. The molecule has 2 N–H and O–H groups in total. The van der Waals surface area contributed by atoms with Crippen LogP contribution in [0.4, 0.5) is 11.4 Å². The first kappa shape index (κ1) is 13.8. The smallest absolute Gasteiger partial charge is 0.232 e. The molecule has 0 aromatic heterocycles. The van der Waals surface area contributed by atoms with Crippen molar-refractivity contribution in [2.24, 2.45) is 0 Å². The molecule has 0 saturated carbocycles. The average Bonchev–Trinajstić information content (AvgIpc) is 2.14. The van der Waals surface area contributed by atoms with Gasteiger partial charge >= 0.3 is 0 Å². The average molecular weight is 278 g/mol. The summed E-state index contributed by atoms with van der Waals surface area (Å²) < 4.78 is 49.2. The lowest BCUT2D eigenvalue weighted by Crippen LogP contribution is -2.15. The predicted molar refractivity (Wildman–Crippen MR) is 68.0 cm³/mol. The van der Waals surface area contributed by atoms with Gasteiger partial charge in [-0.1, -0.05) is 6.07 Å². The summed E-state index contributed by atoms with van der Waals surface area (Å²) in [7, 11) is -6.73. The zero-order valence-corrected chi connectivity index (χ0v) is 11.1. The highest BCUT2D eigenvalue weighted by Crippen LogP contribution is 2.17. The fourth-order valence-corrected chi connectivity index (χ4v) is 2.30. The van der Waals surface area contributed by atoms with Gasteiger partial charge in [-0.15, -0.1) is 0 Å². The summed E-state index contributed by atoms with van der Waals surface area (Å²) in [6.45, 7) is 1.51.